The summed E-state index contributed by atoms with van der Waals surface area (Å²) in [6.07, 6.45) is 0.851. The summed E-state index contributed by atoms with van der Waals surface area (Å²) in [4.78, 5) is 0. The molecule has 0 amide bonds. The number of rotatable bonds is 2. The van der Waals surface area contributed by atoms with Gasteiger partial charge in [0.15, 0.2) is 11.5 Å². The van der Waals surface area contributed by atoms with Gasteiger partial charge in [0, 0.05) is 25.1 Å². The normalized spacial score (nSPS) is 13.9. The lowest BCUT2D eigenvalue weighted by atomic mass is 10.1. The Morgan fingerprint density at radius 2 is 2.10 bits per heavy atom. The molecule has 20 heavy (non-hydrogen) atoms. The first-order valence-corrected chi connectivity index (χ1v) is 6.47. The second kappa shape index (κ2) is 4.96. The molecule has 0 aliphatic carbocycles. The molecule has 0 atom stereocenters. The monoisotopic (exact) mass is 275 g/mol. The van der Waals surface area contributed by atoms with Crippen LogP contribution in [0, 0.1) is 0 Å². The second-order valence-corrected chi connectivity index (χ2v) is 4.60. The Labute approximate surface area is 117 Å². The lowest BCUT2D eigenvalue weighted by molar-refractivity contribution is 0.289. The van der Waals surface area contributed by atoms with Crippen LogP contribution in [-0.2, 0) is 7.05 Å². The number of nitrogens with two attached hydrogens (primary N) is 1. The average Bonchev–Trinajstić information content (AvgIpc) is 2.67. The van der Waals surface area contributed by atoms with Crippen LogP contribution >= 0.6 is 0 Å². The van der Waals surface area contributed by atoms with Gasteiger partial charge in [-0.25, -0.2) is 0 Å². The second-order valence-electron chi connectivity index (χ2n) is 4.60. The first kappa shape index (κ1) is 12.7. The molecule has 0 spiro atoms. The zero-order valence-electron chi connectivity index (χ0n) is 11.5. The van der Waals surface area contributed by atoms with E-state index in [9.17, 15) is 0 Å². The highest BCUT2D eigenvalue weighted by Gasteiger charge is 2.21. The van der Waals surface area contributed by atoms with E-state index >= 15 is 0 Å². The van der Waals surface area contributed by atoms with Gasteiger partial charge in [0.05, 0.1) is 26.0 Å². The molecule has 0 saturated heterocycles. The van der Waals surface area contributed by atoms with Crippen molar-refractivity contribution in [3.8, 4) is 28.5 Å². The quantitative estimate of drug-likeness (QED) is 0.905. The van der Waals surface area contributed by atoms with Crippen LogP contribution in [0.3, 0.4) is 0 Å². The fraction of sp³-hybridized carbons (Fsp3) is 0.357. The van der Waals surface area contributed by atoms with Crippen molar-refractivity contribution in [3.05, 3.63) is 18.2 Å². The van der Waals surface area contributed by atoms with E-state index in [0.29, 0.717) is 36.3 Å². The Bertz CT molecular complexity index is 617. The predicted molar refractivity (Wildman–Crippen MR) is 75.2 cm³/mol. The fourth-order valence-electron chi connectivity index (χ4n) is 2.23. The third-order valence-corrected chi connectivity index (χ3v) is 3.26. The van der Waals surface area contributed by atoms with Gasteiger partial charge in [0.25, 0.3) is 0 Å². The van der Waals surface area contributed by atoms with Crippen LogP contribution in [-0.4, -0.2) is 30.1 Å². The lowest BCUT2D eigenvalue weighted by Crippen LogP contribution is -1.99. The van der Waals surface area contributed by atoms with Crippen LogP contribution in [0.2, 0.25) is 0 Å². The predicted octanol–water partition coefficient (Wildman–Crippen LogP) is 1.84. The summed E-state index contributed by atoms with van der Waals surface area (Å²) in [5, 5.41) is 4.38. The molecule has 1 aliphatic rings. The first-order chi connectivity index (χ1) is 9.70. The molecule has 6 heteroatoms. The topological polar surface area (TPSA) is 71.5 Å². The number of fused-ring (bicyclic) bond motifs is 1. The number of methoxy groups -OCH3 is 1. The molecular weight excluding hydrogens is 258 g/mol. The minimum Gasteiger partial charge on any atom is -0.492 e. The number of ether oxygens (including phenoxy) is 3. The summed E-state index contributed by atoms with van der Waals surface area (Å²) in [5.41, 5.74) is 7.42. The summed E-state index contributed by atoms with van der Waals surface area (Å²) in [6.45, 7) is 1.25. The van der Waals surface area contributed by atoms with Gasteiger partial charge in [-0.3, -0.25) is 4.68 Å². The zero-order chi connectivity index (χ0) is 14.1. The highest BCUT2D eigenvalue weighted by atomic mass is 16.5. The third kappa shape index (κ3) is 2.03. The van der Waals surface area contributed by atoms with E-state index in [-0.39, 0.29) is 0 Å². The largest absolute Gasteiger partial charge is 0.492 e. The molecule has 1 aromatic heterocycles. The molecule has 0 unspecified atom stereocenters. The van der Waals surface area contributed by atoms with Gasteiger partial charge >= 0.3 is 0 Å². The van der Waals surface area contributed by atoms with Crippen molar-refractivity contribution < 1.29 is 14.2 Å². The zero-order valence-corrected chi connectivity index (χ0v) is 11.5. The molecule has 3 rings (SSSR count). The number of nitrogen functional groups attached to an aromatic ring is 1. The van der Waals surface area contributed by atoms with Crippen LogP contribution < -0.4 is 19.9 Å². The summed E-state index contributed by atoms with van der Waals surface area (Å²) in [5.74, 6) is 2.55. The van der Waals surface area contributed by atoms with Gasteiger partial charge in [-0.2, -0.15) is 5.10 Å². The van der Waals surface area contributed by atoms with Crippen molar-refractivity contribution in [3.63, 3.8) is 0 Å². The SMILES string of the molecule is COc1c(-c2cc(N)n(C)n2)ccc2c1OCCCO2. The number of anilines is 1. The molecule has 2 N–H and O–H groups in total. The Morgan fingerprint density at radius 3 is 2.80 bits per heavy atom. The first-order valence-electron chi connectivity index (χ1n) is 6.47. The van der Waals surface area contributed by atoms with E-state index in [1.165, 1.54) is 0 Å². The molecule has 0 radical (unpaired) electrons. The maximum atomic E-state index is 5.84. The van der Waals surface area contributed by atoms with Crippen LogP contribution in [0.25, 0.3) is 11.3 Å². The molecular formula is C14H17N3O3. The molecule has 0 fully saturated rings. The van der Waals surface area contributed by atoms with Crippen LogP contribution in [0.4, 0.5) is 5.82 Å². The molecule has 1 aliphatic heterocycles. The minimum atomic E-state index is 0.592. The summed E-state index contributed by atoms with van der Waals surface area (Å²) in [7, 11) is 3.41. The van der Waals surface area contributed by atoms with Gasteiger partial charge in [-0.05, 0) is 12.1 Å². The Morgan fingerprint density at radius 1 is 1.30 bits per heavy atom. The number of aryl methyl sites for hydroxylation is 1. The van der Waals surface area contributed by atoms with Crippen LogP contribution in [0.15, 0.2) is 18.2 Å². The van der Waals surface area contributed by atoms with E-state index in [1.54, 1.807) is 18.8 Å². The summed E-state index contributed by atoms with van der Waals surface area (Å²) in [6, 6.07) is 5.60. The smallest absolute Gasteiger partial charge is 0.204 e. The summed E-state index contributed by atoms with van der Waals surface area (Å²) >= 11 is 0. The Kier molecular flexibility index (Phi) is 3.14. The van der Waals surface area contributed by atoms with Crippen molar-refractivity contribution in [2.45, 2.75) is 6.42 Å². The maximum Gasteiger partial charge on any atom is 0.204 e. The average molecular weight is 275 g/mol. The van der Waals surface area contributed by atoms with Gasteiger partial charge in [-0.15, -0.1) is 0 Å². The van der Waals surface area contributed by atoms with Gasteiger partial charge in [-0.1, -0.05) is 0 Å². The molecule has 2 heterocycles. The molecule has 0 bridgehead atoms. The highest BCUT2D eigenvalue weighted by Crippen LogP contribution is 2.45. The van der Waals surface area contributed by atoms with E-state index in [4.69, 9.17) is 19.9 Å². The molecule has 106 valence electrons. The van der Waals surface area contributed by atoms with Gasteiger partial charge in [0.2, 0.25) is 5.75 Å². The number of hydrogen-bond donors (Lipinski definition) is 1. The molecule has 6 nitrogen and oxygen atoms in total. The summed E-state index contributed by atoms with van der Waals surface area (Å²) < 4.78 is 18.5. The fourth-order valence-corrected chi connectivity index (χ4v) is 2.23. The standard InChI is InChI=1S/C14H17N3O3/c1-17-12(15)8-10(16-17)9-4-5-11-14(13(9)18-2)20-7-3-6-19-11/h4-5,8H,3,6-7,15H2,1-2H3. The van der Waals surface area contributed by atoms with E-state index in [2.05, 4.69) is 5.10 Å². The molecule has 0 saturated carbocycles. The van der Waals surface area contributed by atoms with Crippen molar-refractivity contribution in [2.24, 2.45) is 7.05 Å². The Balaban J connectivity index is 2.14. The minimum absolute atomic E-state index is 0.592. The number of hydrogen-bond acceptors (Lipinski definition) is 5. The lowest BCUT2D eigenvalue weighted by Gasteiger charge is -2.14. The van der Waals surface area contributed by atoms with E-state index in [0.717, 1.165) is 17.7 Å². The highest BCUT2D eigenvalue weighted by molar-refractivity contribution is 5.75. The number of nitrogens with zero attached hydrogens (tertiary/aromatic N) is 2. The number of aromatic nitrogens is 2. The van der Waals surface area contributed by atoms with Crippen LogP contribution in [0.5, 0.6) is 17.2 Å². The van der Waals surface area contributed by atoms with Crippen molar-refractivity contribution in [1.29, 1.82) is 0 Å². The van der Waals surface area contributed by atoms with Gasteiger partial charge < -0.3 is 19.9 Å². The maximum absolute atomic E-state index is 5.84. The molecule has 1 aromatic carbocycles. The van der Waals surface area contributed by atoms with Crippen LogP contribution in [0.1, 0.15) is 6.42 Å². The van der Waals surface area contributed by atoms with E-state index < -0.39 is 0 Å². The molecule has 2 aromatic rings. The third-order valence-electron chi connectivity index (χ3n) is 3.26. The Hall–Kier alpha value is -2.37. The number of benzene rings is 1. The van der Waals surface area contributed by atoms with Crippen molar-refractivity contribution in [1.82, 2.24) is 9.78 Å². The van der Waals surface area contributed by atoms with Gasteiger partial charge in [0.1, 0.15) is 5.82 Å². The van der Waals surface area contributed by atoms with Crippen molar-refractivity contribution >= 4 is 5.82 Å². The van der Waals surface area contributed by atoms with E-state index in [1.807, 2.05) is 18.2 Å². The van der Waals surface area contributed by atoms with Crippen molar-refractivity contribution in [2.75, 3.05) is 26.1 Å².